The second-order valence-corrected chi connectivity index (χ2v) is 6.95. The highest BCUT2D eigenvalue weighted by Gasteiger charge is 2.22. The Morgan fingerprint density at radius 1 is 1.24 bits per heavy atom. The Labute approximate surface area is 152 Å². The maximum absolute atomic E-state index is 12.3. The highest BCUT2D eigenvalue weighted by molar-refractivity contribution is 6.30. The van der Waals surface area contributed by atoms with Crippen molar-refractivity contribution in [1.29, 1.82) is 0 Å². The number of Topliss-reactive ketones (excluding diaryl/α,β-unsaturated/α-hetero) is 1. The summed E-state index contributed by atoms with van der Waals surface area (Å²) in [6.07, 6.45) is 3.41. The first-order chi connectivity index (χ1) is 12.0. The van der Waals surface area contributed by atoms with Crippen LogP contribution in [0, 0.1) is 0 Å². The molecule has 0 radical (unpaired) electrons. The number of halogens is 1. The summed E-state index contributed by atoms with van der Waals surface area (Å²) in [6, 6.07) is 9.69. The Hall–Kier alpha value is -2.11. The van der Waals surface area contributed by atoms with Crippen molar-refractivity contribution in [2.45, 2.75) is 32.4 Å². The minimum Gasteiger partial charge on any atom is -0.356 e. The predicted octanol–water partition coefficient (Wildman–Crippen LogP) is 3.27. The molecule has 1 amide bonds. The maximum atomic E-state index is 12.3. The van der Waals surface area contributed by atoms with E-state index >= 15 is 0 Å². The Kier molecular flexibility index (Phi) is 5.56. The average Bonchev–Trinajstić information content (AvgIpc) is 3.09. The Bertz CT molecular complexity index is 746. The van der Waals surface area contributed by atoms with Gasteiger partial charge in [0, 0.05) is 42.5 Å². The van der Waals surface area contributed by atoms with Gasteiger partial charge in [-0.3, -0.25) is 14.5 Å². The van der Waals surface area contributed by atoms with Gasteiger partial charge in [-0.15, -0.1) is 0 Å². The molecule has 132 valence electrons. The molecular weight excluding hydrogens is 338 g/mol. The van der Waals surface area contributed by atoms with Crippen LogP contribution in [0.5, 0.6) is 0 Å². The number of carbonyl (C=O) groups is 2. The number of nitrogens with one attached hydrogen (secondary N) is 2. The van der Waals surface area contributed by atoms with E-state index in [1.807, 2.05) is 24.3 Å². The van der Waals surface area contributed by atoms with E-state index in [0.717, 1.165) is 37.5 Å². The summed E-state index contributed by atoms with van der Waals surface area (Å²) >= 11 is 5.92. The van der Waals surface area contributed by atoms with Gasteiger partial charge >= 0.3 is 0 Å². The zero-order chi connectivity index (χ0) is 17.8. The van der Waals surface area contributed by atoms with Crippen LogP contribution in [0.25, 0.3) is 0 Å². The molecule has 1 aliphatic heterocycles. The van der Waals surface area contributed by atoms with E-state index in [4.69, 9.17) is 11.6 Å². The van der Waals surface area contributed by atoms with Gasteiger partial charge in [-0.1, -0.05) is 23.7 Å². The lowest BCUT2D eigenvalue weighted by molar-refractivity contribution is 0.0904. The van der Waals surface area contributed by atoms with E-state index in [1.165, 1.54) is 12.5 Å². The van der Waals surface area contributed by atoms with Gasteiger partial charge < -0.3 is 10.3 Å². The topological polar surface area (TPSA) is 65.2 Å². The molecule has 2 heterocycles. The van der Waals surface area contributed by atoms with Crippen molar-refractivity contribution in [2.75, 3.05) is 13.1 Å². The Balaban J connectivity index is 1.47. The van der Waals surface area contributed by atoms with Crippen molar-refractivity contribution in [3.05, 3.63) is 58.4 Å². The van der Waals surface area contributed by atoms with Crippen molar-refractivity contribution in [2.24, 2.45) is 0 Å². The molecular formula is C19H22ClN3O2. The summed E-state index contributed by atoms with van der Waals surface area (Å²) in [4.78, 5) is 28.8. The second kappa shape index (κ2) is 7.85. The third-order valence-electron chi connectivity index (χ3n) is 4.58. The van der Waals surface area contributed by atoms with Crippen LogP contribution in [0.2, 0.25) is 5.02 Å². The molecule has 0 spiro atoms. The lowest BCUT2D eigenvalue weighted by Crippen LogP contribution is -2.44. The molecule has 0 saturated carbocycles. The number of likely N-dealkylation sites (tertiary alicyclic amines) is 1. The molecule has 25 heavy (non-hydrogen) atoms. The number of ketones is 1. The predicted molar refractivity (Wildman–Crippen MR) is 98.0 cm³/mol. The number of rotatable bonds is 5. The number of piperidine rings is 1. The first-order valence-corrected chi connectivity index (χ1v) is 8.86. The SMILES string of the molecule is CC(=O)c1c[nH]c(C(=O)NC2CCN(Cc3ccc(Cl)cc3)CC2)c1. The smallest absolute Gasteiger partial charge is 0.267 e. The van der Waals surface area contributed by atoms with Crippen LogP contribution in [0.3, 0.4) is 0 Å². The molecule has 1 aromatic carbocycles. The molecule has 0 aliphatic carbocycles. The molecule has 1 aromatic heterocycles. The summed E-state index contributed by atoms with van der Waals surface area (Å²) in [5.41, 5.74) is 2.21. The average molecular weight is 360 g/mol. The molecule has 3 rings (SSSR count). The normalized spacial score (nSPS) is 15.9. The summed E-state index contributed by atoms with van der Waals surface area (Å²) in [5, 5.41) is 3.81. The van der Waals surface area contributed by atoms with Crippen LogP contribution in [0.15, 0.2) is 36.5 Å². The van der Waals surface area contributed by atoms with Crippen LogP contribution < -0.4 is 5.32 Å². The van der Waals surface area contributed by atoms with Crippen molar-refractivity contribution in [3.63, 3.8) is 0 Å². The molecule has 2 N–H and O–H groups in total. The zero-order valence-corrected chi connectivity index (χ0v) is 15.0. The van der Waals surface area contributed by atoms with Crippen molar-refractivity contribution in [3.8, 4) is 0 Å². The van der Waals surface area contributed by atoms with Gasteiger partial charge in [-0.2, -0.15) is 0 Å². The monoisotopic (exact) mass is 359 g/mol. The fourth-order valence-electron chi connectivity index (χ4n) is 3.08. The van der Waals surface area contributed by atoms with Gasteiger partial charge in [0.1, 0.15) is 5.69 Å². The first-order valence-electron chi connectivity index (χ1n) is 8.48. The number of benzene rings is 1. The van der Waals surface area contributed by atoms with E-state index in [-0.39, 0.29) is 17.7 Å². The summed E-state index contributed by atoms with van der Waals surface area (Å²) < 4.78 is 0. The largest absolute Gasteiger partial charge is 0.356 e. The van der Waals surface area contributed by atoms with Crippen LogP contribution in [0.4, 0.5) is 0 Å². The number of H-pyrrole nitrogens is 1. The first kappa shape index (κ1) is 17.7. The Morgan fingerprint density at radius 2 is 1.92 bits per heavy atom. The van der Waals surface area contributed by atoms with E-state index in [9.17, 15) is 9.59 Å². The van der Waals surface area contributed by atoms with Gasteiger partial charge in [-0.25, -0.2) is 0 Å². The summed E-state index contributed by atoms with van der Waals surface area (Å²) in [7, 11) is 0. The lowest BCUT2D eigenvalue weighted by atomic mass is 10.0. The maximum Gasteiger partial charge on any atom is 0.267 e. The molecule has 5 nitrogen and oxygen atoms in total. The van der Waals surface area contributed by atoms with E-state index in [2.05, 4.69) is 15.2 Å². The number of hydrogen-bond acceptors (Lipinski definition) is 3. The number of hydrogen-bond donors (Lipinski definition) is 2. The molecule has 0 atom stereocenters. The van der Waals surface area contributed by atoms with Crippen molar-refractivity contribution >= 4 is 23.3 Å². The fourth-order valence-corrected chi connectivity index (χ4v) is 3.20. The molecule has 1 aliphatic rings. The van der Waals surface area contributed by atoms with E-state index in [1.54, 1.807) is 12.3 Å². The van der Waals surface area contributed by atoms with Crippen LogP contribution >= 0.6 is 11.6 Å². The van der Waals surface area contributed by atoms with Crippen molar-refractivity contribution in [1.82, 2.24) is 15.2 Å². The van der Waals surface area contributed by atoms with Gasteiger partial charge in [0.05, 0.1) is 0 Å². The van der Waals surface area contributed by atoms with Crippen LogP contribution in [0.1, 0.15) is 46.2 Å². The van der Waals surface area contributed by atoms with Gasteiger partial charge in [0.25, 0.3) is 5.91 Å². The number of aromatic amines is 1. The molecule has 0 unspecified atom stereocenters. The van der Waals surface area contributed by atoms with Gasteiger partial charge in [-0.05, 0) is 43.5 Å². The molecule has 0 bridgehead atoms. The fraction of sp³-hybridized carbons (Fsp3) is 0.368. The number of amides is 1. The van der Waals surface area contributed by atoms with E-state index in [0.29, 0.717) is 11.3 Å². The quantitative estimate of drug-likeness (QED) is 0.805. The summed E-state index contributed by atoms with van der Waals surface area (Å²) in [5.74, 6) is -0.200. The van der Waals surface area contributed by atoms with Crippen molar-refractivity contribution < 1.29 is 9.59 Å². The minimum atomic E-state index is -0.149. The Morgan fingerprint density at radius 3 is 2.52 bits per heavy atom. The highest BCUT2D eigenvalue weighted by Crippen LogP contribution is 2.16. The zero-order valence-electron chi connectivity index (χ0n) is 14.2. The third kappa shape index (κ3) is 4.71. The minimum absolute atomic E-state index is 0.0502. The third-order valence-corrected chi connectivity index (χ3v) is 4.83. The second-order valence-electron chi connectivity index (χ2n) is 6.51. The highest BCUT2D eigenvalue weighted by atomic mass is 35.5. The summed E-state index contributed by atoms with van der Waals surface area (Å²) in [6.45, 7) is 4.27. The molecule has 6 heteroatoms. The van der Waals surface area contributed by atoms with Gasteiger partial charge in [0.2, 0.25) is 0 Å². The molecule has 2 aromatic rings. The lowest BCUT2D eigenvalue weighted by Gasteiger charge is -2.32. The number of aromatic nitrogens is 1. The standard InChI is InChI=1S/C19H22ClN3O2/c1-13(24)15-10-18(21-11-15)19(25)22-17-6-8-23(9-7-17)12-14-2-4-16(20)5-3-14/h2-5,10-11,17,21H,6-9,12H2,1H3,(H,22,25). The van der Waals surface area contributed by atoms with Gasteiger partial charge in [0.15, 0.2) is 5.78 Å². The van der Waals surface area contributed by atoms with Crippen LogP contribution in [-0.2, 0) is 6.54 Å². The van der Waals surface area contributed by atoms with Crippen LogP contribution in [-0.4, -0.2) is 40.7 Å². The van der Waals surface area contributed by atoms with E-state index < -0.39 is 0 Å². The number of nitrogens with zero attached hydrogens (tertiary/aromatic N) is 1. The number of carbonyl (C=O) groups excluding carboxylic acids is 2. The molecule has 1 saturated heterocycles. The molecule has 1 fully saturated rings.